The number of carboxylic acid groups (broad SMARTS) is 1. The first-order valence-corrected chi connectivity index (χ1v) is 14.1. The maximum Gasteiger partial charge on any atom is 0.332 e. The maximum atomic E-state index is 10.5. The molecule has 0 unspecified atom stereocenters. The summed E-state index contributed by atoms with van der Waals surface area (Å²) >= 11 is 0. The number of carboxylic acids is 1. The van der Waals surface area contributed by atoms with Crippen LogP contribution in [0.1, 0.15) is 167 Å². The predicted molar refractivity (Wildman–Crippen MR) is 135 cm³/mol. The molecule has 0 bridgehead atoms. The lowest BCUT2D eigenvalue weighted by molar-refractivity contribution is -0.146. The van der Waals surface area contributed by atoms with Crippen LogP contribution in [0, 0.1) is 0 Å². The Hall–Kier alpha value is -0.570. The Balaban J connectivity index is 3.04. The van der Waals surface area contributed by atoms with Crippen LogP contribution in [0.4, 0.5) is 0 Å². The van der Waals surface area contributed by atoms with Gasteiger partial charge in [0.1, 0.15) is 0 Å². The monoisotopic (exact) mass is 440 g/mol. The van der Waals surface area contributed by atoms with E-state index in [1.54, 1.807) is 0 Å². The third kappa shape index (κ3) is 25.6. The molecule has 0 fully saturated rings. The largest absolute Gasteiger partial charge is 0.479 e. The molecule has 0 aliphatic carbocycles. The fourth-order valence-corrected chi connectivity index (χ4v) is 4.42. The highest BCUT2D eigenvalue weighted by Gasteiger charge is 2.11. The Kier molecular flexibility index (Phi) is 25.2. The van der Waals surface area contributed by atoms with Crippen molar-refractivity contribution in [3.8, 4) is 0 Å². The number of unbranched alkanes of at least 4 members (excludes halogenated alkanes) is 23. The molecule has 0 aromatic carbocycles. The van der Waals surface area contributed by atoms with Gasteiger partial charge in [-0.25, -0.2) is 4.79 Å². The number of hydrogen-bond acceptors (Lipinski definition) is 2. The van der Waals surface area contributed by atoms with Gasteiger partial charge in [-0.15, -0.1) is 0 Å². The Morgan fingerprint density at radius 3 is 0.935 bits per heavy atom. The van der Waals surface area contributed by atoms with Crippen LogP contribution in [-0.2, 0) is 4.79 Å². The van der Waals surface area contributed by atoms with Crippen molar-refractivity contribution in [3.63, 3.8) is 0 Å². The van der Waals surface area contributed by atoms with E-state index in [9.17, 15) is 9.90 Å². The summed E-state index contributed by atoms with van der Waals surface area (Å²) in [4.78, 5) is 10.5. The summed E-state index contributed by atoms with van der Waals surface area (Å²) in [6.45, 7) is 2.29. The van der Waals surface area contributed by atoms with Crippen molar-refractivity contribution in [2.45, 2.75) is 174 Å². The second kappa shape index (κ2) is 25.7. The summed E-state index contributed by atoms with van der Waals surface area (Å²) in [5.74, 6) is -1.09. The van der Waals surface area contributed by atoms with Gasteiger partial charge in [-0.05, 0) is 6.42 Å². The smallest absolute Gasteiger partial charge is 0.332 e. The fourth-order valence-electron chi connectivity index (χ4n) is 4.42. The molecule has 0 aliphatic heterocycles. The van der Waals surface area contributed by atoms with E-state index in [0.717, 1.165) is 12.8 Å². The fraction of sp³-hybridized carbons (Fsp3) is 0.964. The van der Waals surface area contributed by atoms with Crippen molar-refractivity contribution >= 4 is 5.97 Å². The summed E-state index contributed by atoms with van der Waals surface area (Å²) in [6, 6.07) is 0. The third-order valence-corrected chi connectivity index (χ3v) is 6.62. The minimum Gasteiger partial charge on any atom is -0.479 e. The second-order valence-corrected chi connectivity index (χ2v) is 9.77. The molecule has 3 heteroatoms. The minimum absolute atomic E-state index is 0.397. The first kappa shape index (κ1) is 30.4. The van der Waals surface area contributed by atoms with Crippen molar-refractivity contribution in [3.05, 3.63) is 0 Å². The Bertz CT molecular complexity index is 356. The number of aliphatic hydroxyl groups excluding tert-OH is 1. The lowest BCUT2D eigenvalue weighted by Crippen LogP contribution is -2.18. The van der Waals surface area contributed by atoms with Crippen LogP contribution >= 0.6 is 0 Å². The molecule has 0 radical (unpaired) electrons. The van der Waals surface area contributed by atoms with Gasteiger partial charge < -0.3 is 10.2 Å². The first-order chi connectivity index (χ1) is 15.2. The van der Waals surface area contributed by atoms with Gasteiger partial charge in [0.15, 0.2) is 6.10 Å². The topological polar surface area (TPSA) is 57.5 Å². The van der Waals surface area contributed by atoms with Gasteiger partial charge in [0, 0.05) is 0 Å². The average molecular weight is 441 g/mol. The van der Waals surface area contributed by atoms with E-state index in [4.69, 9.17) is 5.11 Å². The molecule has 0 heterocycles. The first-order valence-electron chi connectivity index (χ1n) is 14.1. The van der Waals surface area contributed by atoms with Crippen molar-refractivity contribution in [1.82, 2.24) is 0 Å². The van der Waals surface area contributed by atoms with E-state index in [-0.39, 0.29) is 0 Å². The zero-order chi connectivity index (χ0) is 22.8. The molecule has 1 atom stereocenters. The highest BCUT2D eigenvalue weighted by molar-refractivity contribution is 5.71. The van der Waals surface area contributed by atoms with Gasteiger partial charge in [0.05, 0.1) is 0 Å². The molecule has 31 heavy (non-hydrogen) atoms. The molecule has 0 aromatic rings. The number of aliphatic carboxylic acids is 1. The van der Waals surface area contributed by atoms with E-state index >= 15 is 0 Å². The molecule has 3 nitrogen and oxygen atoms in total. The van der Waals surface area contributed by atoms with Gasteiger partial charge in [-0.3, -0.25) is 0 Å². The molecule has 0 spiro atoms. The van der Waals surface area contributed by atoms with Crippen LogP contribution in [0.2, 0.25) is 0 Å². The normalized spacial score (nSPS) is 12.3. The summed E-state index contributed by atoms with van der Waals surface area (Å²) in [6.07, 6.45) is 32.0. The summed E-state index contributed by atoms with van der Waals surface area (Å²) in [5.41, 5.74) is 0. The van der Waals surface area contributed by atoms with Gasteiger partial charge >= 0.3 is 5.97 Å². The molecule has 0 aromatic heterocycles. The number of hydrogen-bond donors (Lipinski definition) is 2. The summed E-state index contributed by atoms with van der Waals surface area (Å²) < 4.78 is 0. The van der Waals surface area contributed by atoms with Crippen molar-refractivity contribution in [2.75, 3.05) is 0 Å². The van der Waals surface area contributed by atoms with E-state index in [1.807, 2.05) is 0 Å². The van der Waals surface area contributed by atoms with Crippen LogP contribution in [0.3, 0.4) is 0 Å². The molecule has 0 rings (SSSR count). The summed E-state index contributed by atoms with van der Waals surface area (Å²) in [7, 11) is 0. The van der Waals surface area contributed by atoms with E-state index in [2.05, 4.69) is 6.92 Å². The molecule has 186 valence electrons. The minimum atomic E-state index is -1.17. The molecule has 0 saturated heterocycles. The van der Waals surface area contributed by atoms with E-state index in [1.165, 1.54) is 141 Å². The molecular weight excluding hydrogens is 384 g/mol. The molecule has 0 aliphatic rings. The highest BCUT2D eigenvalue weighted by Crippen LogP contribution is 2.16. The predicted octanol–water partition coefficient (Wildman–Crippen LogP) is 9.20. The van der Waals surface area contributed by atoms with E-state index < -0.39 is 12.1 Å². The third-order valence-electron chi connectivity index (χ3n) is 6.62. The lowest BCUT2D eigenvalue weighted by Gasteiger charge is -2.05. The van der Waals surface area contributed by atoms with Crippen LogP contribution in [-0.4, -0.2) is 22.3 Å². The molecule has 2 N–H and O–H groups in total. The van der Waals surface area contributed by atoms with Gasteiger partial charge in [0.2, 0.25) is 0 Å². The van der Waals surface area contributed by atoms with Crippen LogP contribution in [0.5, 0.6) is 0 Å². The lowest BCUT2D eigenvalue weighted by atomic mass is 10.0. The zero-order valence-corrected chi connectivity index (χ0v) is 21.1. The van der Waals surface area contributed by atoms with Crippen LogP contribution in [0.15, 0.2) is 0 Å². The maximum absolute atomic E-state index is 10.5. The standard InChI is InChI=1S/C28H56O3/c1-2-3-4-5-6-7-8-9-10-11-12-13-14-15-16-17-18-19-20-21-22-23-24-25-26-27(29)28(30)31/h27,29H,2-26H2,1H3,(H,30,31)/t27-/m1/s1. The Labute approximate surface area is 194 Å². The zero-order valence-electron chi connectivity index (χ0n) is 21.1. The molecular formula is C28H56O3. The van der Waals surface area contributed by atoms with Crippen molar-refractivity contribution < 1.29 is 15.0 Å². The average Bonchev–Trinajstić information content (AvgIpc) is 2.76. The van der Waals surface area contributed by atoms with Crippen molar-refractivity contribution in [2.24, 2.45) is 0 Å². The van der Waals surface area contributed by atoms with Crippen molar-refractivity contribution in [1.29, 1.82) is 0 Å². The highest BCUT2D eigenvalue weighted by atomic mass is 16.4. The number of aliphatic hydroxyl groups is 1. The summed E-state index contributed by atoms with van der Waals surface area (Å²) in [5, 5.41) is 17.8. The molecule has 0 saturated carbocycles. The molecule has 0 amide bonds. The Morgan fingerprint density at radius 2 is 0.710 bits per heavy atom. The quantitative estimate of drug-likeness (QED) is 0.132. The number of carbonyl (C=O) groups is 1. The number of rotatable bonds is 26. The van der Waals surface area contributed by atoms with Gasteiger partial charge in [-0.1, -0.05) is 161 Å². The second-order valence-electron chi connectivity index (χ2n) is 9.77. The van der Waals surface area contributed by atoms with Gasteiger partial charge in [-0.2, -0.15) is 0 Å². The SMILES string of the molecule is CCCCCCCCCCCCCCCCCCCCCCCCCC[C@@H](O)C(=O)O. The Morgan fingerprint density at radius 1 is 0.484 bits per heavy atom. The van der Waals surface area contributed by atoms with Crippen LogP contribution in [0.25, 0.3) is 0 Å². The van der Waals surface area contributed by atoms with Crippen LogP contribution < -0.4 is 0 Å². The van der Waals surface area contributed by atoms with Gasteiger partial charge in [0.25, 0.3) is 0 Å². The van der Waals surface area contributed by atoms with E-state index in [0.29, 0.717) is 6.42 Å².